The van der Waals surface area contributed by atoms with Gasteiger partial charge < -0.3 is 10.9 Å². The van der Waals surface area contributed by atoms with Crippen LogP contribution in [0.5, 0.6) is 0 Å². The highest BCUT2D eigenvalue weighted by Crippen LogP contribution is 2.42. The van der Waals surface area contributed by atoms with Crippen LogP contribution in [0, 0.1) is 5.92 Å². The second-order valence-corrected chi connectivity index (χ2v) is 6.38. The molecule has 1 aliphatic rings. The molecule has 0 spiro atoms. The second kappa shape index (κ2) is 4.17. The number of carbonyl (C=O) groups is 1. The van der Waals surface area contributed by atoms with E-state index >= 15 is 0 Å². The number of hydroxylamine groups is 2. The molecule has 1 heterocycles. The number of carbonyl (C=O) groups excluding carboxylic acids is 1. The van der Waals surface area contributed by atoms with Crippen LogP contribution in [0.15, 0.2) is 0 Å². The summed E-state index contributed by atoms with van der Waals surface area (Å²) in [5.74, 6) is -0.475. The molecule has 0 aromatic heterocycles. The van der Waals surface area contributed by atoms with Gasteiger partial charge in [-0.05, 0) is 46.5 Å². The molecule has 1 fully saturated rings. The molecular formula is C11H21ClN2O2. The van der Waals surface area contributed by atoms with Crippen LogP contribution in [0.3, 0.4) is 0 Å². The van der Waals surface area contributed by atoms with Crippen LogP contribution in [0.4, 0.5) is 0 Å². The van der Waals surface area contributed by atoms with Gasteiger partial charge in [0.15, 0.2) is 0 Å². The molecule has 5 heteroatoms. The topological polar surface area (TPSA) is 66.6 Å². The molecule has 1 rings (SSSR count). The predicted octanol–water partition coefficient (Wildman–Crippen LogP) is 1.74. The maximum Gasteiger partial charge on any atom is 0.235 e. The van der Waals surface area contributed by atoms with Gasteiger partial charge in [0.05, 0.1) is 0 Å². The number of halogens is 1. The average Bonchev–Trinajstić information content (AvgIpc) is 2.11. The number of piperidine rings is 1. The molecule has 0 aromatic carbocycles. The van der Waals surface area contributed by atoms with Crippen LogP contribution in [0.25, 0.3) is 0 Å². The highest BCUT2D eigenvalue weighted by Gasteiger charge is 2.47. The SMILES string of the molecule is CC1(C)CC(C(Cl)C(N)=O)CC(C)(C)N1O. The Morgan fingerprint density at radius 2 is 1.75 bits per heavy atom. The quantitative estimate of drug-likeness (QED) is 0.732. The van der Waals surface area contributed by atoms with E-state index < -0.39 is 22.4 Å². The van der Waals surface area contributed by atoms with Crippen LogP contribution in [-0.2, 0) is 4.79 Å². The van der Waals surface area contributed by atoms with E-state index in [2.05, 4.69) is 0 Å². The van der Waals surface area contributed by atoms with Crippen molar-refractivity contribution in [2.24, 2.45) is 11.7 Å². The first-order chi connectivity index (χ1) is 7.08. The Hall–Kier alpha value is -0.320. The first-order valence-corrected chi connectivity index (χ1v) is 5.94. The summed E-state index contributed by atoms with van der Waals surface area (Å²) in [6.07, 6.45) is 1.31. The minimum absolute atomic E-state index is 0.00701. The van der Waals surface area contributed by atoms with Gasteiger partial charge in [0.1, 0.15) is 5.38 Å². The summed E-state index contributed by atoms with van der Waals surface area (Å²) >= 11 is 6.02. The zero-order valence-electron chi connectivity index (χ0n) is 10.3. The van der Waals surface area contributed by atoms with Crippen LogP contribution in [0.1, 0.15) is 40.5 Å². The molecule has 3 N–H and O–H groups in total. The zero-order valence-corrected chi connectivity index (χ0v) is 11.1. The molecule has 0 radical (unpaired) electrons. The van der Waals surface area contributed by atoms with Gasteiger partial charge in [-0.25, -0.2) is 0 Å². The van der Waals surface area contributed by atoms with E-state index in [9.17, 15) is 10.0 Å². The van der Waals surface area contributed by atoms with Crippen molar-refractivity contribution in [3.8, 4) is 0 Å². The van der Waals surface area contributed by atoms with Crippen molar-refractivity contribution < 1.29 is 10.0 Å². The number of alkyl halides is 1. The van der Waals surface area contributed by atoms with Gasteiger partial charge in [-0.15, -0.1) is 11.6 Å². The Bertz CT molecular complexity index is 274. The average molecular weight is 249 g/mol. The summed E-state index contributed by atoms with van der Waals surface area (Å²) in [6, 6.07) is 0. The van der Waals surface area contributed by atoms with E-state index in [-0.39, 0.29) is 5.92 Å². The van der Waals surface area contributed by atoms with Crippen molar-refractivity contribution in [2.45, 2.75) is 57.0 Å². The summed E-state index contributed by atoms with van der Waals surface area (Å²) in [6.45, 7) is 7.74. The van der Waals surface area contributed by atoms with Gasteiger partial charge in [-0.1, -0.05) is 0 Å². The van der Waals surface area contributed by atoms with Gasteiger partial charge in [0, 0.05) is 11.1 Å². The molecule has 1 amide bonds. The molecule has 1 unspecified atom stereocenters. The number of hydrogen-bond donors (Lipinski definition) is 2. The van der Waals surface area contributed by atoms with E-state index in [1.165, 1.54) is 5.06 Å². The standard InChI is InChI=1S/C11H21ClN2O2/c1-10(2)5-7(8(12)9(13)15)6-11(3,4)14(10)16/h7-8,16H,5-6H2,1-4H3,(H2,13,15). The Kier molecular flexibility index (Phi) is 3.58. The van der Waals surface area contributed by atoms with Crippen molar-refractivity contribution in [1.82, 2.24) is 5.06 Å². The first-order valence-electron chi connectivity index (χ1n) is 5.50. The number of amides is 1. The van der Waals surface area contributed by atoms with E-state index in [0.717, 1.165) is 0 Å². The largest absolute Gasteiger partial charge is 0.368 e. The molecule has 0 aromatic rings. The highest BCUT2D eigenvalue weighted by molar-refractivity contribution is 6.30. The van der Waals surface area contributed by atoms with Crippen LogP contribution in [0.2, 0.25) is 0 Å². The normalized spacial score (nSPS) is 27.6. The minimum Gasteiger partial charge on any atom is -0.368 e. The summed E-state index contributed by atoms with van der Waals surface area (Å²) < 4.78 is 0. The van der Waals surface area contributed by atoms with Crippen molar-refractivity contribution >= 4 is 17.5 Å². The number of rotatable bonds is 2. The van der Waals surface area contributed by atoms with E-state index in [1.54, 1.807) is 0 Å². The van der Waals surface area contributed by atoms with Gasteiger partial charge in [0.25, 0.3) is 0 Å². The number of nitrogens with two attached hydrogens (primary N) is 1. The molecule has 16 heavy (non-hydrogen) atoms. The molecule has 4 nitrogen and oxygen atoms in total. The van der Waals surface area contributed by atoms with Gasteiger partial charge >= 0.3 is 0 Å². The van der Waals surface area contributed by atoms with Crippen molar-refractivity contribution in [3.05, 3.63) is 0 Å². The lowest BCUT2D eigenvalue weighted by molar-refractivity contribution is -0.250. The third-order valence-electron chi connectivity index (χ3n) is 3.36. The van der Waals surface area contributed by atoms with Crippen LogP contribution < -0.4 is 5.73 Å². The summed E-state index contributed by atoms with van der Waals surface area (Å²) in [7, 11) is 0. The number of hydrogen-bond acceptors (Lipinski definition) is 3. The first kappa shape index (κ1) is 13.7. The fourth-order valence-electron chi connectivity index (χ4n) is 2.79. The lowest BCUT2D eigenvalue weighted by atomic mass is 9.74. The molecule has 1 aliphatic heterocycles. The molecule has 0 bridgehead atoms. The van der Waals surface area contributed by atoms with Crippen molar-refractivity contribution in [3.63, 3.8) is 0 Å². The molecule has 1 atom stereocenters. The maximum atomic E-state index is 11.1. The minimum atomic E-state index is -0.660. The van der Waals surface area contributed by atoms with Gasteiger partial charge in [-0.2, -0.15) is 5.06 Å². The Labute approximate surface area is 102 Å². The molecular weight excluding hydrogens is 228 g/mol. The van der Waals surface area contributed by atoms with E-state index in [0.29, 0.717) is 12.8 Å². The number of nitrogens with zero attached hydrogens (tertiary/aromatic N) is 1. The Balaban J connectivity index is 2.91. The molecule has 94 valence electrons. The van der Waals surface area contributed by atoms with Crippen molar-refractivity contribution in [1.29, 1.82) is 0 Å². The lowest BCUT2D eigenvalue weighted by Gasteiger charge is -2.52. The predicted molar refractivity (Wildman–Crippen MR) is 63.3 cm³/mol. The fourth-order valence-corrected chi connectivity index (χ4v) is 2.97. The second-order valence-electron chi connectivity index (χ2n) is 5.91. The lowest BCUT2D eigenvalue weighted by Crippen LogP contribution is -2.60. The Morgan fingerprint density at radius 1 is 1.38 bits per heavy atom. The smallest absolute Gasteiger partial charge is 0.235 e. The summed E-state index contributed by atoms with van der Waals surface area (Å²) in [5, 5.41) is 10.8. The monoisotopic (exact) mass is 248 g/mol. The van der Waals surface area contributed by atoms with Crippen LogP contribution >= 0.6 is 11.6 Å². The maximum absolute atomic E-state index is 11.1. The van der Waals surface area contributed by atoms with E-state index in [4.69, 9.17) is 17.3 Å². The van der Waals surface area contributed by atoms with Crippen molar-refractivity contribution in [2.75, 3.05) is 0 Å². The van der Waals surface area contributed by atoms with Crippen LogP contribution in [-0.4, -0.2) is 32.6 Å². The summed E-state index contributed by atoms with van der Waals surface area (Å²) in [4.78, 5) is 11.1. The van der Waals surface area contributed by atoms with Gasteiger partial charge in [-0.3, -0.25) is 4.79 Å². The number of primary amides is 1. The molecule has 0 aliphatic carbocycles. The van der Waals surface area contributed by atoms with Gasteiger partial charge in [0.2, 0.25) is 5.91 Å². The zero-order chi connectivity index (χ0) is 12.7. The third-order valence-corrected chi connectivity index (χ3v) is 3.93. The Morgan fingerprint density at radius 3 is 2.06 bits per heavy atom. The highest BCUT2D eigenvalue weighted by atomic mass is 35.5. The fraction of sp³-hybridized carbons (Fsp3) is 0.909. The third kappa shape index (κ3) is 2.50. The molecule has 0 saturated carbocycles. The van der Waals surface area contributed by atoms with E-state index in [1.807, 2.05) is 27.7 Å². The summed E-state index contributed by atoms with van der Waals surface area (Å²) in [5.41, 5.74) is 4.44. The molecule has 1 saturated heterocycles.